The molecule has 3 atom stereocenters. The fraction of sp³-hybridized carbons (Fsp3) is 0.812. The van der Waals surface area contributed by atoms with Gasteiger partial charge in [-0.3, -0.25) is 0 Å². The van der Waals surface area contributed by atoms with E-state index in [-0.39, 0.29) is 5.60 Å². The minimum Gasteiger partial charge on any atom is -0.366 e. The van der Waals surface area contributed by atoms with Gasteiger partial charge in [0.15, 0.2) is 0 Å². The second-order valence-electron chi connectivity index (χ2n) is 6.82. The average Bonchev–Trinajstić information content (AvgIpc) is 2.96. The fourth-order valence-electron chi connectivity index (χ4n) is 3.75. The van der Waals surface area contributed by atoms with E-state index in [4.69, 9.17) is 10.00 Å². The Bertz CT molecular complexity index is 386. The largest absolute Gasteiger partial charge is 0.366 e. The summed E-state index contributed by atoms with van der Waals surface area (Å²) in [6.07, 6.45) is 7.90. The Morgan fingerprint density at radius 1 is 1.44 bits per heavy atom. The lowest BCUT2D eigenvalue weighted by Crippen LogP contribution is -2.40. The van der Waals surface area contributed by atoms with E-state index in [9.17, 15) is 0 Å². The van der Waals surface area contributed by atoms with Gasteiger partial charge in [0.25, 0.3) is 0 Å². The topological polar surface area (TPSA) is 36.3 Å². The van der Waals surface area contributed by atoms with E-state index in [0.29, 0.717) is 23.9 Å². The van der Waals surface area contributed by atoms with Gasteiger partial charge in [0.2, 0.25) is 0 Å². The van der Waals surface area contributed by atoms with Crippen LogP contribution in [0.4, 0.5) is 0 Å². The first-order valence-electron chi connectivity index (χ1n) is 7.10. The third-order valence-corrected chi connectivity index (χ3v) is 5.03. The van der Waals surface area contributed by atoms with Crippen molar-refractivity contribution >= 4 is 0 Å². The Morgan fingerprint density at radius 3 is 2.83 bits per heavy atom. The lowest BCUT2D eigenvalue weighted by atomic mass is 9.62. The van der Waals surface area contributed by atoms with Crippen LogP contribution in [0.2, 0.25) is 0 Å². The number of ether oxygens (including phenoxy) is 1. The molecule has 0 bridgehead atoms. The minimum absolute atomic E-state index is 0.136. The first-order valence-corrected chi connectivity index (χ1v) is 7.10. The standard InChI is InChI=1S/C16H25NO/c1-12(6-5-11-17)7-8-13-15(2,3)10-9-14-16(13,4)18-14/h6,13-14H,5,7-10H2,1-4H3/b12-6+/t13-,14+,16-/m1/s1. The van der Waals surface area contributed by atoms with Crippen molar-refractivity contribution < 1.29 is 4.74 Å². The summed E-state index contributed by atoms with van der Waals surface area (Å²) in [4.78, 5) is 0. The third-order valence-electron chi connectivity index (χ3n) is 5.03. The van der Waals surface area contributed by atoms with Crippen LogP contribution in [-0.4, -0.2) is 11.7 Å². The predicted molar refractivity (Wildman–Crippen MR) is 73.0 cm³/mol. The highest BCUT2D eigenvalue weighted by Gasteiger charge is 2.63. The molecule has 0 amide bonds. The van der Waals surface area contributed by atoms with Crippen molar-refractivity contribution in [3.63, 3.8) is 0 Å². The highest BCUT2D eigenvalue weighted by molar-refractivity contribution is 5.13. The van der Waals surface area contributed by atoms with E-state index < -0.39 is 0 Å². The van der Waals surface area contributed by atoms with E-state index in [2.05, 4.69) is 39.8 Å². The Morgan fingerprint density at radius 2 is 2.17 bits per heavy atom. The van der Waals surface area contributed by atoms with Crippen molar-refractivity contribution in [3.8, 4) is 6.07 Å². The zero-order valence-corrected chi connectivity index (χ0v) is 12.1. The molecule has 1 aliphatic carbocycles. The molecule has 0 unspecified atom stereocenters. The summed E-state index contributed by atoms with van der Waals surface area (Å²) in [6, 6.07) is 2.18. The fourth-order valence-corrected chi connectivity index (χ4v) is 3.75. The first-order chi connectivity index (χ1) is 8.40. The zero-order chi connectivity index (χ0) is 13.4. The third kappa shape index (κ3) is 2.47. The van der Waals surface area contributed by atoms with Crippen molar-refractivity contribution in [1.82, 2.24) is 0 Å². The molecular formula is C16H25NO. The monoisotopic (exact) mass is 247 g/mol. The summed E-state index contributed by atoms with van der Waals surface area (Å²) in [5.74, 6) is 0.647. The van der Waals surface area contributed by atoms with Crippen molar-refractivity contribution in [2.75, 3.05) is 0 Å². The summed E-state index contributed by atoms with van der Waals surface area (Å²) in [5.41, 5.74) is 1.87. The van der Waals surface area contributed by atoms with Crippen molar-refractivity contribution in [3.05, 3.63) is 11.6 Å². The summed E-state index contributed by atoms with van der Waals surface area (Å²) >= 11 is 0. The van der Waals surface area contributed by atoms with Crippen LogP contribution in [0.25, 0.3) is 0 Å². The molecule has 18 heavy (non-hydrogen) atoms. The second-order valence-corrected chi connectivity index (χ2v) is 6.82. The summed E-state index contributed by atoms with van der Waals surface area (Å²) in [7, 11) is 0. The minimum atomic E-state index is 0.136. The van der Waals surface area contributed by atoms with E-state index in [1.807, 2.05) is 0 Å². The quantitative estimate of drug-likeness (QED) is 0.551. The average molecular weight is 247 g/mol. The van der Waals surface area contributed by atoms with Crippen molar-refractivity contribution in [2.24, 2.45) is 11.3 Å². The molecular weight excluding hydrogens is 222 g/mol. The number of epoxide rings is 1. The lowest BCUT2D eigenvalue weighted by Gasteiger charge is -2.40. The molecule has 2 rings (SSSR count). The Kier molecular flexibility index (Phi) is 3.56. The maximum Gasteiger partial charge on any atom is 0.0953 e. The number of rotatable bonds is 4. The van der Waals surface area contributed by atoms with Gasteiger partial charge in [-0.05, 0) is 50.9 Å². The number of hydrogen-bond donors (Lipinski definition) is 0. The first kappa shape index (κ1) is 13.6. The number of fused-ring (bicyclic) bond motifs is 1. The highest BCUT2D eigenvalue weighted by Crippen LogP contribution is 2.59. The van der Waals surface area contributed by atoms with Crippen LogP contribution in [0.3, 0.4) is 0 Å². The summed E-state index contributed by atoms with van der Waals surface area (Å²) in [5, 5.41) is 8.59. The maximum absolute atomic E-state index is 8.59. The van der Waals surface area contributed by atoms with Crippen LogP contribution < -0.4 is 0 Å². The van der Waals surface area contributed by atoms with Gasteiger partial charge < -0.3 is 4.74 Å². The predicted octanol–water partition coefficient (Wildman–Crippen LogP) is 4.22. The molecule has 0 aromatic heterocycles. The van der Waals surface area contributed by atoms with Crippen molar-refractivity contribution in [1.29, 1.82) is 5.26 Å². The van der Waals surface area contributed by atoms with Crippen LogP contribution in [0, 0.1) is 22.7 Å². The molecule has 100 valence electrons. The van der Waals surface area contributed by atoms with E-state index >= 15 is 0 Å². The maximum atomic E-state index is 8.59. The summed E-state index contributed by atoms with van der Waals surface area (Å²) in [6.45, 7) is 9.20. The molecule has 0 aromatic rings. The molecule has 2 aliphatic rings. The van der Waals surface area contributed by atoms with Gasteiger partial charge in [-0.15, -0.1) is 0 Å². The smallest absolute Gasteiger partial charge is 0.0953 e. The van der Waals surface area contributed by atoms with Gasteiger partial charge in [-0.1, -0.05) is 25.5 Å². The van der Waals surface area contributed by atoms with E-state index in [1.54, 1.807) is 0 Å². The number of hydrogen-bond acceptors (Lipinski definition) is 2. The molecule has 0 N–H and O–H groups in total. The molecule has 0 spiro atoms. The van der Waals surface area contributed by atoms with Gasteiger partial charge in [0, 0.05) is 0 Å². The van der Waals surface area contributed by atoms with E-state index in [1.165, 1.54) is 24.8 Å². The highest BCUT2D eigenvalue weighted by atomic mass is 16.6. The molecule has 0 aromatic carbocycles. The van der Waals surface area contributed by atoms with E-state index in [0.717, 1.165) is 6.42 Å². The lowest BCUT2D eigenvalue weighted by molar-refractivity contribution is 0.0875. The normalized spacial score (nSPS) is 37.8. The van der Waals surface area contributed by atoms with Crippen LogP contribution >= 0.6 is 0 Å². The van der Waals surface area contributed by atoms with Crippen LogP contribution in [0.1, 0.15) is 59.8 Å². The van der Waals surface area contributed by atoms with Gasteiger partial charge in [0.05, 0.1) is 24.2 Å². The molecule has 2 nitrogen and oxygen atoms in total. The number of nitrogens with zero attached hydrogens (tertiary/aromatic N) is 1. The van der Waals surface area contributed by atoms with Gasteiger partial charge in [-0.2, -0.15) is 5.26 Å². The SMILES string of the molecule is C/C(=C\CC#N)CC[C@@H]1C(C)(C)CC[C@@H]2O[C@@]21C. The van der Waals surface area contributed by atoms with Gasteiger partial charge in [-0.25, -0.2) is 0 Å². The molecule has 1 heterocycles. The van der Waals surface area contributed by atoms with Gasteiger partial charge in [0.1, 0.15) is 0 Å². The Labute approximate surface area is 111 Å². The molecule has 2 fully saturated rings. The van der Waals surface area contributed by atoms with Gasteiger partial charge >= 0.3 is 0 Å². The number of nitriles is 1. The molecule has 2 heteroatoms. The summed E-state index contributed by atoms with van der Waals surface area (Å²) < 4.78 is 5.96. The Balaban J connectivity index is 1.97. The van der Waals surface area contributed by atoms with Crippen LogP contribution in [0.5, 0.6) is 0 Å². The number of allylic oxidation sites excluding steroid dienone is 2. The van der Waals surface area contributed by atoms with Crippen LogP contribution in [0.15, 0.2) is 11.6 Å². The zero-order valence-electron chi connectivity index (χ0n) is 12.1. The Hall–Kier alpha value is -0.810. The molecule has 0 radical (unpaired) electrons. The second kappa shape index (κ2) is 4.70. The van der Waals surface area contributed by atoms with Crippen molar-refractivity contribution in [2.45, 2.75) is 71.5 Å². The molecule has 1 saturated carbocycles. The van der Waals surface area contributed by atoms with Crippen LogP contribution in [-0.2, 0) is 4.74 Å². The molecule has 1 aliphatic heterocycles. The molecule has 1 saturated heterocycles.